The highest BCUT2D eigenvalue weighted by atomic mass is 79.9. The van der Waals surface area contributed by atoms with Crippen LogP contribution in [0.4, 0.5) is 0 Å². The van der Waals surface area contributed by atoms with Gasteiger partial charge in [-0.25, -0.2) is 0 Å². The monoisotopic (exact) mass is 494 g/mol. The first-order valence-corrected chi connectivity index (χ1v) is 11.2. The summed E-state index contributed by atoms with van der Waals surface area (Å²) >= 11 is 9.69. The van der Waals surface area contributed by atoms with Crippen molar-refractivity contribution in [1.29, 1.82) is 0 Å². The van der Waals surface area contributed by atoms with Gasteiger partial charge in [-0.15, -0.1) is 0 Å². The Balaban J connectivity index is 2.19. The summed E-state index contributed by atoms with van der Waals surface area (Å²) in [5.74, 6) is 0.459. The molecule has 162 valence electrons. The van der Waals surface area contributed by atoms with Gasteiger partial charge in [0.1, 0.15) is 11.8 Å². The maximum atomic E-state index is 13.1. The average molecular weight is 496 g/mol. The van der Waals surface area contributed by atoms with E-state index in [0.717, 1.165) is 10.0 Å². The lowest BCUT2D eigenvalue weighted by atomic mass is 10.1. The predicted octanol–water partition coefficient (Wildman–Crippen LogP) is 5.06. The summed E-state index contributed by atoms with van der Waals surface area (Å²) in [5.41, 5.74) is 0.784. The lowest BCUT2D eigenvalue weighted by Crippen LogP contribution is -2.50. The molecular weight excluding hydrogens is 468 g/mol. The fraction of sp³-hybridized carbons (Fsp3) is 0.391. The molecule has 0 fully saturated rings. The van der Waals surface area contributed by atoms with Crippen molar-refractivity contribution in [3.8, 4) is 5.75 Å². The Kier molecular flexibility index (Phi) is 9.66. The van der Waals surface area contributed by atoms with Crippen LogP contribution in [0.2, 0.25) is 5.02 Å². The van der Waals surface area contributed by atoms with E-state index in [4.69, 9.17) is 16.3 Å². The van der Waals surface area contributed by atoms with Gasteiger partial charge in [-0.05, 0) is 48.2 Å². The number of benzene rings is 2. The summed E-state index contributed by atoms with van der Waals surface area (Å²) in [5, 5.41) is 3.49. The first-order valence-electron chi connectivity index (χ1n) is 10.0. The van der Waals surface area contributed by atoms with Crippen LogP contribution >= 0.6 is 27.5 Å². The van der Waals surface area contributed by atoms with E-state index >= 15 is 0 Å². The molecule has 2 amide bonds. The third-order valence-electron chi connectivity index (χ3n) is 4.54. The largest absolute Gasteiger partial charge is 0.484 e. The number of carbonyl (C=O) groups is 2. The molecule has 0 heterocycles. The lowest BCUT2D eigenvalue weighted by Gasteiger charge is -2.31. The Morgan fingerprint density at radius 2 is 1.80 bits per heavy atom. The molecule has 0 bridgehead atoms. The van der Waals surface area contributed by atoms with E-state index in [1.54, 1.807) is 23.1 Å². The normalized spacial score (nSPS) is 11.8. The van der Waals surface area contributed by atoms with Gasteiger partial charge in [-0.1, -0.05) is 66.5 Å². The smallest absolute Gasteiger partial charge is 0.261 e. The third-order valence-corrected chi connectivity index (χ3v) is 5.44. The van der Waals surface area contributed by atoms with Gasteiger partial charge >= 0.3 is 0 Å². The maximum absolute atomic E-state index is 13.1. The van der Waals surface area contributed by atoms with Gasteiger partial charge in [-0.3, -0.25) is 9.59 Å². The zero-order valence-corrected chi connectivity index (χ0v) is 19.9. The number of nitrogens with zero attached hydrogens (tertiary/aromatic N) is 1. The van der Waals surface area contributed by atoms with Gasteiger partial charge < -0.3 is 15.0 Å². The number of hydrogen-bond acceptors (Lipinski definition) is 3. The fourth-order valence-electron chi connectivity index (χ4n) is 2.91. The van der Waals surface area contributed by atoms with Crippen LogP contribution in [0.3, 0.4) is 0 Å². The van der Waals surface area contributed by atoms with Crippen molar-refractivity contribution in [1.82, 2.24) is 10.2 Å². The van der Waals surface area contributed by atoms with Crippen LogP contribution < -0.4 is 10.1 Å². The van der Waals surface area contributed by atoms with E-state index in [1.165, 1.54) is 0 Å². The molecule has 2 rings (SSSR count). The number of carbonyl (C=O) groups excluding carboxylic acids is 2. The second-order valence-electron chi connectivity index (χ2n) is 7.42. The molecule has 0 radical (unpaired) electrons. The molecule has 5 nitrogen and oxygen atoms in total. The van der Waals surface area contributed by atoms with E-state index in [2.05, 4.69) is 21.2 Å². The van der Waals surface area contributed by atoms with Gasteiger partial charge in [0, 0.05) is 22.6 Å². The molecule has 0 saturated carbocycles. The van der Waals surface area contributed by atoms with Crippen LogP contribution in [0, 0.1) is 5.92 Å². The van der Waals surface area contributed by atoms with Crippen molar-refractivity contribution in [3.63, 3.8) is 0 Å². The predicted molar refractivity (Wildman–Crippen MR) is 124 cm³/mol. The molecule has 30 heavy (non-hydrogen) atoms. The van der Waals surface area contributed by atoms with Crippen LogP contribution in [0.1, 0.15) is 32.8 Å². The van der Waals surface area contributed by atoms with Gasteiger partial charge in [0.2, 0.25) is 5.91 Å². The zero-order valence-electron chi connectivity index (χ0n) is 17.5. The highest BCUT2D eigenvalue weighted by molar-refractivity contribution is 9.10. The number of nitrogens with one attached hydrogen (secondary N) is 1. The molecule has 7 heteroatoms. The van der Waals surface area contributed by atoms with Crippen molar-refractivity contribution in [3.05, 3.63) is 63.6 Å². The van der Waals surface area contributed by atoms with E-state index in [1.807, 2.05) is 51.1 Å². The van der Waals surface area contributed by atoms with Crippen molar-refractivity contribution in [2.45, 2.75) is 39.8 Å². The molecule has 2 aromatic rings. The second kappa shape index (κ2) is 12.0. The van der Waals surface area contributed by atoms with Crippen molar-refractivity contribution < 1.29 is 14.3 Å². The first-order chi connectivity index (χ1) is 14.3. The highest BCUT2D eigenvalue weighted by Crippen LogP contribution is 2.21. The van der Waals surface area contributed by atoms with Gasteiger partial charge in [-0.2, -0.15) is 0 Å². The average Bonchev–Trinajstić information content (AvgIpc) is 2.72. The summed E-state index contributed by atoms with van der Waals surface area (Å²) in [6.07, 6.45) is 0.485. The Morgan fingerprint density at radius 3 is 2.40 bits per heavy atom. The minimum absolute atomic E-state index is 0.167. The van der Waals surface area contributed by atoms with Crippen LogP contribution in [-0.2, 0) is 16.1 Å². The molecule has 1 atom stereocenters. The zero-order chi connectivity index (χ0) is 22.1. The molecule has 0 spiro atoms. The summed E-state index contributed by atoms with van der Waals surface area (Å²) in [6.45, 7) is 6.57. The Morgan fingerprint density at radius 1 is 1.13 bits per heavy atom. The van der Waals surface area contributed by atoms with Crippen LogP contribution in [0.25, 0.3) is 0 Å². The standard InChI is InChI=1S/C23H28BrClN2O3/c1-4-21(23(29)26-13-16(2)3)27(14-17-7-5-6-8-20(17)25)22(28)15-30-19-11-9-18(24)10-12-19/h5-12,16,21H,4,13-15H2,1-3H3,(H,26,29)/t21-/m1/s1. The SMILES string of the molecule is CC[C@H](C(=O)NCC(C)C)N(Cc1ccccc1Cl)C(=O)COc1ccc(Br)cc1. The van der Waals surface area contributed by atoms with Gasteiger partial charge in [0.25, 0.3) is 5.91 Å². The maximum Gasteiger partial charge on any atom is 0.261 e. The third kappa shape index (κ3) is 7.33. The van der Waals surface area contributed by atoms with E-state index in [-0.39, 0.29) is 25.0 Å². The minimum Gasteiger partial charge on any atom is -0.484 e. The van der Waals surface area contributed by atoms with Crippen molar-refractivity contribution in [2.24, 2.45) is 5.92 Å². The number of amides is 2. The van der Waals surface area contributed by atoms with Crippen LogP contribution in [-0.4, -0.2) is 35.9 Å². The molecule has 0 unspecified atom stereocenters. The number of halogens is 2. The second-order valence-corrected chi connectivity index (χ2v) is 8.74. The first kappa shape index (κ1) is 24.2. The summed E-state index contributed by atoms with van der Waals surface area (Å²) in [4.78, 5) is 27.5. The Bertz CT molecular complexity index is 843. The summed E-state index contributed by atoms with van der Waals surface area (Å²) in [6, 6.07) is 14.0. The molecular formula is C23H28BrClN2O3. The van der Waals surface area contributed by atoms with Crippen molar-refractivity contribution in [2.75, 3.05) is 13.2 Å². The van der Waals surface area contributed by atoms with E-state index in [0.29, 0.717) is 29.7 Å². The van der Waals surface area contributed by atoms with Gasteiger partial charge in [0.05, 0.1) is 0 Å². The highest BCUT2D eigenvalue weighted by Gasteiger charge is 2.29. The Labute approximate surface area is 191 Å². The van der Waals surface area contributed by atoms with E-state index < -0.39 is 6.04 Å². The van der Waals surface area contributed by atoms with Crippen molar-refractivity contribution >= 4 is 39.3 Å². The lowest BCUT2D eigenvalue weighted by molar-refractivity contribution is -0.143. The molecule has 1 N–H and O–H groups in total. The molecule has 0 aliphatic carbocycles. The van der Waals surface area contributed by atoms with E-state index in [9.17, 15) is 9.59 Å². The number of ether oxygens (including phenoxy) is 1. The quantitative estimate of drug-likeness (QED) is 0.501. The molecule has 0 saturated heterocycles. The van der Waals surface area contributed by atoms with Gasteiger partial charge in [0.15, 0.2) is 6.61 Å². The molecule has 0 aliphatic rings. The molecule has 0 aromatic heterocycles. The topological polar surface area (TPSA) is 58.6 Å². The number of rotatable bonds is 10. The minimum atomic E-state index is -0.610. The molecule has 2 aromatic carbocycles. The summed E-state index contributed by atoms with van der Waals surface area (Å²) < 4.78 is 6.59. The van der Waals surface area contributed by atoms with Crippen LogP contribution in [0.15, 0.2) is 53.0 Å². The summed E-state index contributed by atoms with van der Waals surface area (Å²) in [7, 11) is 0. The fourth-order valence-corrected chi connectivity index (χ4v) is 3.37. The Hall–Kier alpha value is -2.05. The molecule has 0 aliphatic heterocycles. The number of hydrogen-bond donors (Lipinski definition) is 1. The van der Waals surface area contributed by atoms with Crippen LogP contribution in [0.5, 0.6) is 5.75 Å².